The van der Waals surface area contributed by atoms with Crippen LogP contribution >= 0.6 is 11.5 Å². The van der Waals surface area contributed by atoms with E-state index >= 15 is 0 Å². The summed E-state index contributed by atoms with van der Waals surface area (Å²) in [5.74, 6) is 0.974. The first-order chi connectivity index (χ1) is 8.98. The summed E-state index contributed by atoms with van der Waals surface area (Å²) in [5.41, 5.74) is -0.612. The fraction of sp³-hybridized carbons (Fsp3) is 0.846. The quantitative estimate of drug-likeness (QED) is 0.885. The molecule has 0 spiro atoms. The minimum absolute atomic E-state index is 0.612. The lowest BCUT2D eigenvalue weighted by Crippen LogP contribution is -2.50. The smallest absolute Gasteiger partial charge is 0.205 e. The molecule has 1 saturated heterocycles. The molecule has 0 unspecified atom stereocenters. The monoisotopic (exact) mass is 284 g/mol. The second-order valence-corrected chi connectivity index (χ2v) is 6.55. The fourth-order valence-corrected chi connectivity index (χ4v) is 3.11. The van der Waals surface area contributed by atoms with Crippen LogP contribution in [0.1, 0.15) is 33.0 Å². The number of anilines is 1. The van der Waals surface area contributed by atoms with Gasteiger partial charge in [0.1, 0.15) is 5.82 Å². The number of hydrogen-bond donors (Lipinski definition) is 1. The van der Waals surface area contributed by atoms with Gasteiger partial charge in [-0.25, -0.2) is 4.98 Å². The lowest BCUT2D eigenvalue weighted by Gasteiger charge is -2.36. The van der Waals surface area contributed by atoms with Crippen LogP contribution in [0.25, 0.3) is 0 Å². The molecular formula is C13H24N4OS. The molecule has 0 aromatic carbocycles. The summed E-state index contributed by atoms with van der Waals surface area (Å²) in [4.78, 5) is 9.20. The molecular weight excluding hydrogens is 260 g/mol. The summed E-state index contributed by atoms with van der Waals surface area (Å²) < 4.78 is 4.39. The topological polar surface area (TPSA) is 52.5 Å². The van der Waals surface area contributed by atoms with Crippen LogP contribution in [0, 0.1) is 0 Å². The highest BCUT2D eigenvalue weighted by molar-refractivity contribution is 7.09. The van der Waals surface area contributed by atoms with E-state index in [2.05, 4.69) is 26.1 Å². The number of nitrogens with zero attached hydrogens (tertiary/aromatic N) is 4. The van der Waals surface area contributed by atoms with E-state index in [0.717, 1.165) is 56.5 Å². The van der Waals surface area contributed by atoms with Gasteiger partial charge in [-0.2, -0.15) is 4.37 Å². The van der Waals surface area contributed by atoms with E-state index in [1.165, 1.54) is 11.5 Å². The molecule has 1 aliphatic heterocycles. The zero-order chi connectivity index (χ0) is 13.9. The number of piperazine rings is 1. The molecule has 1 fully saturated rings. The Labute approximate surface area is 119 Å². The predicted octanol–water partition coefficient (Wildman–Crippen LogP) is 1.38. The zero-order valence-electron chi connectivity index (χ0n) is 12.1. The molecule has 1 N–H and O–H groups in total. The number of aryl methyl sites for hydroxylation is 1. The molecule has 0 bridgehead atoms. The minimum Gasteiger partial charge on any atom is -0.389 e. The summed E-state index contributed by atoms with van der Waals surface area (Å²) in [5, 5.41) is 10.9. The minimum atomic E-state index is -0.612. The number of β-amino-alcohol motifs (C(OH)–C–C–N with tert-alkyl or cyclic N) is 1. The van der Waals surface area contributed by atoms with Crippen LogP contribution in [-0.4, -0.2) is 57.7 Å². The van der Waals surface area contributed by atoms with Crippen molar-refractivity contribution in [3.05, 3.63) is 5.82 Å². The largest absolute Gasteiger partial charge is 0.389 e. The van der Waals surface area contributed by atoms with Crippen molar-refractivity contribution >= 4 is 16.7 Å². The Morgan fingerprint density at radius 1 is 1.26 bits per heavy atom. The Balaban J connectivity index is 1.85. The summed E-state index contributed by atoms with van der Waals surface area (Å²) in [6.07, 6.45) is 2.06. The molecule has 0 radical (unpaired) electrons. The van der Waals surface area contributed by atoms with Gasteiger partial charge in [0.25, 0.3) is 0 Å². The maximum atomic E-state index is 9.84. The van der Waals surface area contributed by atoms with Crippen molar-refractivity contribution < 1.29 is 5.11 Å². The summed E-state index contributed by atoms with van der Waals surface area (Å²) in [6.45, 7) is 10.5. The van der Waals surface area contributed by atoms with Gasteiger partial charge >= 0.3 is 0 Å². The molecule has 5 nitrogen and oxygen atoms in total. The van der Waals surface area contributed by atoms with Gasteiger partial charge in [-0.15, -0.1) is 0 Å². The van der Waals surface area contributed by atoms with Crippen LogP contribution in [0.5, 0.6) is 0 Å². The van der Waals surface area contributed by atoms with E-state index in [0.29, 0.717) is 0 Å². The molecule has 0 aliphatic carbocycles. The van der Waals surface area contributed by atoms with Gasteiger partial charge in [-0.1, -0.05) is 6.92 Å². The van der Waals surface area contributed by atoms with Crippen molar-refractivity contribution in [2.75, 3.05) is 37.6 Å². The third-order valence-corrected chi connectivity index (χ3v) is 4.00. The van der Waals surface area contributed by atoms with Crippen molar-refractivity contribution in [1.82, 2.24) is 14.3 Å². The number of aromatic nitrogens is 2. The number of rotatable bonds is 5. The van der Waals surface area contributed by atoms with Gasteiger partial charge in [-0.3, -0.25) is 4.90 Å². The van der Waals surface area contributed by atoms with Crippen molar-refractivity contribution in [3.8, 4) is 0 Å². The molecule has 0 amide bonds. The first-order valence-electron chi connectivity index (χ1n) is 7.00. The molecule has 6 heteroatoms. The van der Waals surface area contributed by atoms with Crippen LogP contribution in [0.2, 0.25) is 0 Å². The molecule has 19 heavy (non-hydrogen) atoms. The Bertz CT molecular complexity index is 394. The lowest BCUT2D eigenvalue weighted by molar-refractivity contribution is 0.0345. The molecule has 2 rings (SSSR count). The highest BCUT2D eigenvalue weighted by Gasteiger charge is 2.24. The molecule has 2 heterocycles. The van der Waals surface area contributed by atoms with Crippen LogP contribution < -0.4 is 4.90 Å². The second-order valence-electron chi connectivity index (χ2n) is 5.82. The number of aliphatic hydroxyl groups is 1. The van der Waals surface area contributed by atoms with Crippen molar-refractivity contribution in [2.45, 2.75) is 39.2 Å². The maximum absolute atomic E-state index is 9.84. The second kappa shape index (κ2) is 6.15. The SMILES string of the molecule is CCCc1nsc(N2CCN(CC(C)(C)O)CC2)n1. The fourth-order valence-electron chi connectivity index (χ4n) is 2.34. The van der Waals surface area contributed by atoms with E-state index in [1.807, 2.05) is 13.8 Å². The van der Waals surface area contributed by atoms with Gasteiger partial charge in [-0.05, 0) is 20.3 Å². The summed E-state index contributed by atoms with van der Waals surface area (Å²) >= 11 is 1.51. The van der Waals surface area contributed by atoms with Crippen LogP contribution in [0.4, 0.5) is 5.13 Å². The molecule has 1 aliphatic rings. The van der Waals surface area contributed by atoms with Crippen molar-refractivity contribution in [3.63, 3.8) is 0 Å². The van der Waals surface area contributed by atoms with Crippen LogP contribution in [0.3, 0.4) is 0 Å². The molecule has 0 atom stereocenters. The Kier molecular flexibility index (Phi) is 4.76. The first kappa shape index (κ1) is 14.7. The highest BCUT2D eigenvalue weighted by Crippen LogP contribution is 2.20. The summed E-state index contributed by atoms with van der Waals surface area (Å²) in [6, 6.07) is 0. The third kappa shape index (κ3) is 4.40. The number of hydrogen-bond acceptors (Lipinski definition) is 6. The normalized spacial score (nSPS) is 18.0. The molecule has 0 saturated carbocycles. The van der Waals surface area contributed by atoms with E-state index in [4.69, 9.17) is 0 Å². The van der Waals surface area contributed by atoms with Gasteiger partial charge in [0.05, 0.1) is 5.60 Å². The predicted molar refractivity (Wildman–Crippen MR) is 78.9 cm³/mol. The van der Waals surface area contributed by atoms with E-state index < -0.39 is 5.60 Å². The van der Waals surface area contributed by atoms with Gasteiger partial charge in [0.15, 0.2) is 0 Å². The van der Waals surface area contributed by atoms with Gasteiger partial charge in [0, 0.05) is 50.7 Å². The van der Waals surface area contributed by atoms with E-state index in [1.54, 1.807) is 0 Å². The Morgan fingerprint density at radius 3 is 2.53 bits per heavy atom. The van der Waals surface area contributed by atoms with Crippen molar-refractivity contribution in [2.24, 2.45) is 0 Å². The lowest BCUT2D eigenvalue weighted by atomic mass is 10.1. The van der Waals surface area contributed by atoms with Crippen LogP contribution in [-0.2, 0) is 6.42 Å². The zero-order valence-corrected chi connectivity index (χ0v) is 12.9. The molecule has 1 aromatic heterocycles. The first-order valence-corrected chi connectivity index (χ1v) is 7.77. The third-order valence-electron chi connectivity index (χ3n) is 3.18. The maximum Gasteiger partial charge on any atom is 0.205 e. The van der Waals surface area contributed by atoms with E-state index in [-0.39, 0.29) is 0 Å². The summed E-state index contributed by atoms with van der Waals surface area (Å²) in [7, 11) is 0. The van der Waals surface area contributed by atoms with E-state index in [9.17, 15) is 5.11 Å². The molecule has 1 aromatic rings. The van der Waals surface area contributed by atoms with Gasteiger partial charge in [0.2, 0.25) is 5.13 Å². The standard InChI is InChI=1S/C13H24N4OS/c1-4-5-11-14-12(19-15-11)17-8-6-16(7-9-17)10-13(2,3)18/h18H,4-10H2,1-3H3. The van der Waals surface area contributed by atoms with Crippen LogP contribution in [0.15, 0.2) is 0 Å². The van der Waals surface area contributed by atoms with Gasteiger partial charge < -0.3 is 10.0 Å². The Morgan fingerprint density at radius 2 is 1.95 bits per heavy atom. The average Bonchev–Trinajstić information content (AvgIpc) is 2.77. The molecule has 108 valence electrons. The highest BCUT2D eigenvalue weighted by atomic mass is 32.1. The average molecular weight is 284 g/mol. The Hall–Kier alpha value is -0.720. The van der Waals surface area contributed by atoms with Crippen molar-refractivity contribution in [1.29, 1.82) is 0 Å².